The van der Waals surface area contributed by atoms with Crippen LogP contribution in [0.15, 0.2) is 18.2 Å². The number of carbonyl (C=O) groups excluding carboxylic acids is 1. The zero-order chi connectivity index (χ0) is 13.4. The van der Waals surface area contributed by atoms with Crippen LogP contribution in [0, 0.1) is 12.7 Å². The molecular weight excluding hydrogens is 271 g/mol. The quantitative estimate of drug-likeness (QED) is 0.749. The van der Waals surface area contributed by atoms with Crippen LogP contribution in [0.3, 0.4) is 0 Å². The topological polar surface area (TPSA) is 50.4 Å². The molecular formula is C13H20ClFN2O2. The molecule has 0 fully saturated rings. The van der Waals surface area contributed by atoms with Crippen LogP contribution < -0.4 is 10.6 Å². The normalized spacial score (nSPS) is 9.84. The summed E-state index contributed by atoms with van der Waals surface area (Å²) in [7, 11) is 1.63. The predicted molar refractivity (Wildman–Crippen MR) is 75.5 cm³/mol. The molecule has 0 atom stereocenters. The number of aryl methyl sites for hydroxylation is 1. The molecule has 0 bridgehead atoms. The van der Waals surface area contributed by atoms with Gasteiger partial charge in [0.15, 0.2) is 0 Å². The van der Waals surface area contributed by atoms with Crippen LogP contribution in [0.4, 0.5) is 4.39 Å². The average Bonchev–Trinajstić information content (AvgIpc) is 2.36. The average molecular weight is 291 g/mol. The third kappa shape index (κ3) is 6.00. The second kappa shape index (κ2) is 9.72. The van der Waals surface area contributed by atoms with E-state index in [1.54, 1.807) is 26.2 Å². The predicted octanol–water partition coefficient (Wildman–Crippen LogP) is 1.52. The van der Waals surface area contributed by atoms with E-state index >= 15 is 0 Å². The molecule has 0 aliphatic heterocycles. The molecule has 1 rings (SSSR count). The van der Waals surface area contributed by atoms with Gasteiger partial charge in [0.05, 0.1) is 12.2 Å². The highest BCUT2D eigenvalue weighted by Crippen LogP contribution is 2.11. The molecule has 0 aliphatic carbocycles. The van der Waals surface area contributed by atoms with Crippen molar-refractivity contribution in [3.63, 3.8) is 0 Å². The maximum Gasteiger partial charge on any atom is 0.254 e. The summed E-state index contributed by atoms with van der Waals surface area (Å²) in [6.07, 6.45) is 0. The minimum Gasteiger partial charge on any atom is -0.383 e. The van der Waals surface area contributed by atoms with E-state index in [1.807, 2.05) is 0 Å². The Hall–Kier alpha value is -1.17. The van der Waals surface area contributed by atoms with Crippen molar-refractivity contribution in [2.24, 2.45) is 0 Å². The molecule has 0 radical (unpaired) electrons. The maximum atomic E-state index is 13.6. The highest BCUT2D eigenvalue weighted by Gasteiger charge is 2.11. The van der Waals surface area contributed by atoms with Gasteiger partial charge in [0.2, 0.25) is 0 Å². The number of amides is 1. The van der Waals surface area contributed by atoms with E-state index in [0.717, 1.165) is 6.54 Å². The van der Waals surface area contributed by atoms with Gasteiger partial charge in [0, 0.05) is 26.7 Å². The van der Waals surface area contributed by atoms with E-state index in [1.165, 1.54) is 6.07 Å². The summed E-state index contributed by atoms with van der Waals surface area (Å²) >= 11 is 0. The Morgan fingerprint density at radius 2 is 2.05 bits per heavy atom. The lowest BCUT2D eigenvalue weighted by molar-refractivity contribution is 0.0949. The number of rotatable bonds is 7. The molecule has 0 saturated heterocycles. The van der Waals surface area contributed by atoms with Crippen molar-refractivity contribution in [1.29, 1.82) is 0 Å². The van der Waals surface area contributed by atoms with Crippen LogP contribution >= 0.6 is 12.4 Å². The largest absolute Gasteiger partial charge is 0.383 e. The maximum absolute atomic E-state index is 13.6. The fourth-order valence-corrected chi connectivity index (χ4v) is 1.48. The molecule has 2 N–H and O–H groups in total. The van der Waals surface area contributed by atoms with E-state index < -0.39 is 5.82 Å². The summed E-state index contributed by atoms with van der Waals surface area (Å²) in [6, 6.07) is 4.79. The van der Waals surface area contributed by atoms with Crippen LogP contribution in [-0.4, -0.2) is 39.3 Å². The molecule has 108 valence electrons. The van der Waals surface area contributed by atoms with Gasteiger partial charge in [0.1, 0.15) is 5.82 Å². The second-order valence-corrected chi connectivity index (χ2v) is 3.94. The van der Waals surface area contributed by atoms with Gasteiger partial charge < -0.3 is 15.4 Å². The number of hydrogen-bond donors (Lipinski definition) is 2. The summed E-state index contributed by atoms with van der Waals surface area (Å²) in [5.74, 6) is -0.841. The number of carbonyl (C=O) groups is 1. The van der Waals surface area contributed by atoms with Crippen molar-refractivity contribution >= 4 is 18.3 Å². The molecule has 19 heavy (non-hydrogen) atoms. The molecule has 1 amide bonds. The van der Waals surface area contributed by atoms with E-state index in [2.05, 4.69) is 10.6 Å². The molecule has 0 spiro atoms. The van der Waals surface area contributed by atoms with Gasteiger partial charge in [-0.05, 0) is 18.6 Å². The number of nitrogens with one attached hydrogen (secondary N) is 2. The fraction of sp³-hybridized carbons (Fsp3) is 0.462. The van der Waals surface area contributed by atoms with Gasteiger partial charge in [0.25, 0.3) is 5.91 Å². The summed E-state index contributed by atoms with van der Waals surface area (Å²) in [4.78, 5) is 11.7. The number of ether oxygens (including phenoxy) is 1. The van der Waals surface area contributed by atoms with E-state index in [4.69, 9.17) is 4.74 Å². The molecule has 1 aromatic rings. The van der Waals surface area contributed by atoms with Crippen LogP contribution in [0.25, 0.3) is 0 Å². The van der Waals surface area contributed by atoms with Crippen molar-refractivity contribution in [1.82, 2.24) is 10.6 Å². The van der Waals surface area contributed by atoms with Crippen molar-refractivity contribution < 1.29 is 13.9 Å². The summed E-state index contributed by atoms with van der Waals surface area (Å²) in [5.41, 5.74) is 0.563. The number of hydrogen-bond acceptors (Lipinski definition) is 3. The van der Waals surface area contributed by atoms with Crippen LogP contribution in [0.5, 0.6) is 0 Å². The minimum atomic E-state index is -0.456. The first-order valence-corrected chi connectivity index (χ1v) is 5.89. The lowest BCUT2D eigenvalue weighted by Gasteiger charge is -2.08. The highest BCUT2D eigenvalue weighted by atomic mass is 35.5. The molecule has 4 nitrogen and oxygen atoms in total. The monoisotopic (exact) mass is 290 g/mol. The Bertz CT molecular complexity index is 402. The third-order valence-corrected chi connectivity index (χ3v) is 2.51. The molecule has 0 unspecified atom stereocenters. The first-order valence-electron chi connectivity index (χ1n) is 5.89. The fourth-order valence-electron chi connectivity index (χ4n) is 1.48. The van der Waals surface area contributed by atoms with Gasteiger partial charge in [-0.15, -0.1) is 12.4 Å². The van der Waals surface area contributed by atoms with Crippen LogP contribution in [0.1, 0.15) is 15.9 Å². The lowest BCUT2D eigenvalue weighted by Crippen LogP contribution is -2.33. The highest BCUT2D eigenvalue weighted by molar-refractivity contribution is 5.94. The lowest BCUT2D eigenvalue weighted by atomic mass is 10.1. The Morgan fingerprint density at radius 1 is 1.32 bits per heavy atom. The Labute approximate surface area is 119 Å². The van der Waals surface area contributed by atoms with Gasteiger partial charge in [-0.1, -0.05) is 12.1 Å². The van der Waals surface area contributed by atoms with Crippen molar-refractivity contribution in [2.75, 3.05) is 33.4 Å². The Kier molecular flexibility index (Phi) is 9.12. The van der Waals surface area contributed by atoms with Crippen molar-refractivity contribution in [3.05, 3.63) is 35.1 Å². The number of halogens is 2. The summed E-state index contributed by atoms with van der Waals surface area (Å²) in [5, 5.41) is 5.75. The first-order chi connectivity index (χ1) is 8.66. The van der Waals surface area contributed by atoms with Crippen molar-refractivity contribution in [3.8, 4) is 0 Å². The molecule has 0 heterocycles. The molecule has 0 saturated carbocycles. The molecule has 1 aromatic carbocycles. The molecule has 0 aliphatic rings. The van der Waals surface area contributed by atoms with E-state index in [9.17, 15) is 9.18 Å². The zero-order valence-electron chi connectivity index (χ0n) is 11.2. The van der Waals surface area contributed by atoms with Crippen LogP contribution in [-0.2, 0) is 4.74 Å². The number of methoxy groups -OCH3 is 1. The smallest absolute Gasteiger partial charge is 0.254 e. The minimum absolute atomic E-state index is 0. The Balaban J connectivity index is 0.00000324. The standard InChI is InChI=1S/C13H19FN2O2.ClH/c1-10-4-3-5-11(12(10)14)13(17)16-7-6-15-8-9-18-2;/h3-5,15H,6-9H2,1-2H3,(H,16,17);1H. The Morgan fingerprint density at radius 3 is 2.74 bits per heavy atom. The van der Waals surface area contributed by atoms with Gasteiger partial charge in [-0.25, -0.2) is 4.39 Å². The molecule has 0 aromatic heterocycles. The van der Waals surface area contributed by atoms with Crippen LogP contribution in [0.2, 0.25) is 0 Å². The van der Waals surface area contributed by atoms with Gasteiger partial charge in [-0.3, -0.25) is 4.79 Å². The van der Waals surface area contributed by atoms with Gasteiger partial charge in [-0.2, -0.15) is 0 Å². The summed E-state index contributed by atoms with van der Waals surface area (Å²) in [6.45, 7) is 4.07. The van der Waals surface area contributed by atoms with E-state index in [0.29, 0.717) is 25.3 Å². The molecule has 6 heteroatoms. The second-order valence-electron chi connectivity index (χ2n) is 3.94. The van der Waals surface area contributed by atoms with Gasteiger partial charge >= 0.3 is 0 Å². The number of benzene rings is 1. The SMILES string of the molecule is COCCNCCNC(=O)c1cccc(C)c1F.Cl. The summed E-state index contributed by atoms with van der Waals surface area (Å²) < 4.78 is 18.5. The zero-order valence-corrected chi connectivity index (χ0v) is 12.0. The van der Waals surface area contributed by atoms with E-state index in [-0.39, 0.29) is 23.9 Å². The van der Waals surface area contributed by atoms with Crippen molar-refractivity contribution in [2.45, 2.75) is 6.92 Å². The first kappa shape index (κ1) is 17.8. The third-order valence-electron chi connectivity index (χ3n) is 2.51.